The van der Waals surface area contributed by atoms with E-state index in [1.165, 1.54) is 0 Å². The van der Waals surface area contributed by atoms with Crippen LogP contribution in [0.15, 0.2) is 24.3 Å². The highest BCUT2D eigenvalue weighted by atomic mass is 16.7. The third-order valence-electron chi connectivity index (χ3n) is 3.50. The Morgan fingerprint density at radius 1 is 1.33 bits per heavy atom. The van der Waals surface area contributed by atoms with E-state index in [9.17, 15) is 0 Å². The largest absolute Gasteiger partial charge is 0.461 e. The van der Waals surface area contributed by atoms with Crippen molar-refractivity contribution in [2.24, 2.45) is 0 Å². The van der Waals surface area contributed by atoms with Crippen LogP contribution in [0.3, 0.4) is 0 Å². The number of para-hydroxylation sites is 1. The van der Waals surface area contributed by atoms with Crippen LogP contribution < -0.4 is 4.74 Å². The van der Waals surface area contributed by atoms with Gasteiger partial charge >= 0.3 is 0 Å². The van der Waals surface area contributed by atoms with E-state index in [4.69, 9.17) is 14.7 Å². The highest BCUT2D eigenvalue weighted by molar-refractivity contribution is 5.42. The molecule has 0 spiro atoms. The van der Waals surface area contributed by atoms with Crippen molar-refractivity contribution in [2.75, 3.05) is 21.2 Å². The highest BCUT2D eigenvalue weighted by Crippen LogP contribution is 2.40. The van der Waals surface area contributed by atoms with Crippen molar-refractivity contribution >= 4 is 0 Å². The molecule has 1 aromatic carbocycles. The second-order valence-corrected chi connectivity index (χ2v) is 4.85. The fraction of sp³-hybridized carbons (Fsp3) is 0.500. The molecule has 0 unspecified atom stereocenters. The van der Waals surface area contributed by atoms with Crippen LogP contribution in [0.4, 0.5) is 0 Å². The molecule has 4 heteroatoms. The maximum atomic E-state index is 9.04. The molecular formula is C14H18N2O2. The Kier molecular flexibility index (Phi) is 3.55. The predicted molar refractivity (Wildman–Crippen MR) is 68.2 cm³/mol. The number of benzene rings is 1. The zero-order chi connectivity index (χ0) is 13.2. The lowest BCUT2D eigenvalue weighted by atomic mass is 9.84. The number of rotatable bonds is 4. The Bertz CT molecular complexity index is 459. The summed E-state index contributed by atoms with van der Waals surface area (Å²) in [6, 6.07) is 9.85. The minimum absolute atomic E-state index is 0.471. The molecule has 0 heterocycles. The molecule has 2 rings (SSSR count). The fourth-order valence-electron chi connectivity index (χ4n) is 2.16. The van der Waals surface area contributed by atoms with Gasteiger partial charge in [-0.3, -0.25) is 0 Å². The Balaban J connectivity index is 2.11. The van der Waals surface area contributed by atoms with E-state index in [-0.39, 0.29) is 0 Å². The van der Waals surface area contributed by atoms with Crippen LogP contribution in [0.1, 0.15) is 18.4 Å². The first kappa shape index (κ1) is 12.9. The molecule has 1 fully saturated rings. The summed E-state index contributed by atoms with van der Waals surface area (Å²) in [6.45, 7) is 0. The van der Waals surface area contributed by atoms with E-state index in [1.807, 2.05) is 32.3 Å². The van der Waals surface area contributed by atoms with Crippen LogP contribution in [0.2, 0.25) is 0 Å². The third kappa shape index (κ3) is 2.33. The zero-order valence-electron chi connectivity index (χ0n) is 11.0. The summed E-state index contributed by atoms with van der Waals surface area (Å²) in [5.41, 5.74) is 0.544. The van der Waals surface area contributed by atoms with Crippen LogP contribution in [0.5, 0.6) is 5.75 Å². The summed E-state index contributed by atoms with van der Waals surface area (Å²) in [6.07, 6.45) is 1.63. The number of nitriles is 1. The van der Waals surface area contributed by atoms with Crippen LogP contribution in [0, 0.1) is 11.3 Å². The van der Waals surface area contributed by atoms with Gasteiger partial charge in [0.25, 0.3) is 0 Å². The van der Waals surface area contributed by atoms with Gasteiger partial charge in [-0.25, -0.2) is 0 Å². The molecule has 0 radical (unpaired) electrons. The number of nitrogens with zero attached hydrogens (tertiary/aromatic N) is 2. The molecule has 1 aromatic rings. The minimum atomic E-state index is -0.581. The number of hydrogen-bond acceptors (Lipinski definition) is 4. The Morgan fingerprint density at radius 2 is 2.00 bits per heavy atom. The van der Waals surface area contributed by atoms with Crippen LogP contribution in [-0.4, -0.2) is 37.9 Å². The number of hydrogen-bond donors (Lipinski definition) is 0. The SMILES string of the molecule is COC1(Oc2ccccc2C#N)CC(N(C)C)C1. The van der Waals surface area contributed by atoms with Crippen molar-refractivity contribution in [2.45, 2.75) is 24.7 Å². The molecular weight excluding hydrogens is 228 g/mol. The average molecular weight is 246 g/mol. The average Bonchev–Trinajstić information content (AvgIpc) is 2.33. The molecule has 18 heavy (non-hydrogen) atoms. The summed E-state index contributed by atoms with van der Waals surface area (Å²) in [5, 5.41) is 9.04. The second kappa shape index (κ2) is 4.97. The van der Waals surface area contributed by atoms with Crippen molar-refractivity contribution in [1.29, 1.82) is 5.26 Å². The van der Waals surface area contributed by atoms with Crippen molar-refractivity contribution in [3.63, 3.8) is 0 Å². The smallest absolute Gasteiger partial charge is 0.213 e. The Hall–Kier alpha value is -1.57. The number of methoxy groups -OCH3 is 1. The third-order valence-corrected chi connectivity index (χ3v) is 3.50. The van der Waals surface area contributed by atoms with E-state index >= 15 is 0 Å². The van der Waals surface area contributed by atoms with Crippen molar-refractivity contribution < 1.29 is 9.47 Å². The van der Waals surface area contributed by atoms with E-state index in [0.717, 1.165) is 12.8 Å². The molecule has 0 saturated heterocycles. The van der Waals surface area contributed by atoms with Gasteiger partial charge < -0.3 is 14.4 Å². The lowest BCUT2D eigenvalue weighted by molar-refractivity contribution is -0.234. The monoisotopic (exact) mass is 246 g/mol. The van der Waals surface area contributed by atoms with Gasteiger partial charge in [0.1, 0.15) is 11.8 Å². The lowest BCUT2D eigenvalue weighted by Crippen LogP contribution is -2.57. The van der Waals surface area contributed by atoms with Gasteiger partial charge in [0.15, 0.2) is 0 Å². The maximum Gasteiger partial charge on any atom is 0.213 e. The van der Waals surface area contributed by atoms with Gasteiger partial charge in [0.05, 0.1) is 5.56 Å². The van der Waals surface area contributed by atoms with Crippen LogP contribution in [-0.2, 0) is 4.74 Å². The summed E-state index contributed by atoms with van der Waals surface area (Å²) >= 11 is 0. The first-order chi connectivity index (χ1) is 8.60. The van der Waals surface area contributed by atoms with E-state index in [0.29, 0.717) is 17.4 Å². The predicted octanol–water partition coefficient (Wildman–Crippen LogP) is 2.00. The lowest BCUT2D eigenvalue weighted by Gasteiger charge is -2.48. The van der Waals surface area contributed by atoms with Gasteiger partial charge in [-0.15, -0.1) is 0 Å². The van der Waals surface area contributed by atoms with Gasteiger partial charge in [-0.2, -0.15) is 5.26 Å². The van der Waals surface area contributed by atoms with E-state index in [1.54, 1.807) is 13.2 Å². The van der Waals surface area contributed by atoms with E-state index < -0.39 is 5.79 Å². The molecule has 0 bridgehead atoms. The van der Waals surface area contributed by atoms with E-state index in [2.05, 4.69) is 11.0 Å². The molecule has 0 aliphatic heterocycles. The fourth-order valence-corrected chi connectivity index (χ4v) is 2.16. The second-order valence-electron chi connectivity index (χ2n) is 4.85. The standard InChI is InChI=1S/C14H18N2O2/c1-16(2)12-8-14(9-12,17-3)18-13-7-5-4-6-11(13)10-15/h4-7,12H,8-9H2,1-3H3. The minimum Gasteiger partial charge on any atom is -0.461 e. The zero-order valence-corrected chi connectivity index (χ0v) is 11.0. The summed E-state index contributed by atoms with van der Waals surface area (Å²) in [4.78, 5) is 2.16. The van der Waals surface area contributed by atoms with Crippen LogP contribution >= 0.6 is 0 Å². The Morgan fingerprint density at radius 3 is 2.56 bits per heavy atom. The quantitative estimate of drug-likeness (QED) is 0.762. The van der Waals surface area contributed by atoms with Gasteiger partial charge in [0, 0.05) is 26.0 Å². The molecule has 1 saturated carbocycles. The summed E-state index contributed by atoms with van der Waals surface area (Å²) in [5.74, 6) is 0.0149. The van der Waals surface area contributed by atoms with Crippen molar-refractivity contribution in [1.82, 2.24) is 4.90 Å². The summed E-state index contributed by atoms with van der Waals surface area (Å²) < 4.78 is 11.4. The van der Waals surface area contributed by atoms with Crippen LogP contribution in [0.25, 0.3) is 0 Å². The maximum absolute atomic E-state index is 9.04. The molecule has 96 valence electrons. The first-order valence-corrected chi connectivity index (χ1v) is 6.00. The van der Waals surface area contributed by atoms with Gasteiger partial charge in [0.2, 0.25) is 5.79 Å². The first-order valence-electron chi connectivity index (χ1n) is 6.00. The van der Waals surface area contributed by atoms with Crippen molar-refractivity contribution in [3.05, 3.63) is 29.8 Å². The van der Waals surface area contributed by atoms with Crippen molar-refractivity contribution in [3.8, 4) is 11.8 Å². The van der Waals surface area contributed by atoms with Gasteiger partial charge in [-0.05, 0) is 26.2 Å². The highest BCUT2D eigenvalue weighted by Gasteiger charge is 2.48. The normalized spacial score (nSPS) is 26.5. The molecule has 0 aromatic heterocycles. The molecule has 0 atom stereocenters. The number of ether oxygens (including phenoxy) is 2. The molecule has 0 amide bonds. The molecule has 0 N–H and O–H groups in total. The topological polar surface area (TPSA) is 45.5 Å². The van der Waals surface area contributed by atoms with Gasteiger partial charge in [-0.1, -0.05) is 12.1 Å². The summed E-state index contributed by atoms with van der Waals surface area (Å²) in [7, 11) is 5.75. The molecule has 1 aliphatic carbocycles. The molecule has 1 aliphatic rings. The molecule has 4 nitrogen and oxygen atoms in total. The Labute approximate surface area is 108 Å².